The Morgan fingerprint density at radius 2 is 2.15 bits per heavy atom. The first-order chi connectivity index (χ1) is 12.8. The van der Waals surface area contributed by atoms with Crippen LogP contribution in [-0.4, -0.2) is 29.7 Å². The lowest BCUT2D eigenvalue weighted by Crippen LogP contribution is -2.11. The number of nitriles is 1. The highest BCUT2D eigenvalue weighted by Gasteiger charge is 2.14. The summed E-state index contributed by atoms with van der Waals surface area (Å²) < 4.78 is 11.1. The maximum absolute atomic E-state index is 10.9. The first kappa shape index (κ1) is 20.2. The summed E-state index contributed by atoms with van der Waals surface area (Å²) in [7, 11) is 1.41. The van der Waals surface area contributed by atoms with Gasteiger partial charge in [-0.05, 0) is 51.9 Å². The summed E-state index contributed by atoms with van der Waals surface area (Å²) >= 11 is 1.97. The highest BCUT2D eigenvalue weighted by atomic mass is 127. The third-order valence-corrected chi connectivity index (χ3v) is 4.19. The summed E-state index contributed by atoms with van der Waals surface area (Å²) in [4.78, 5) is 21.1. The number of non-ortho nitro benzene ring substituents is 1. The van der Waals surface area contributed by atoms with Gasteiger partial charge in [0.25, 0.3) is 5.69 Å². The molecule has 8 nitrogen and oxygen atoms in total. The van der Waals surface area contributed by atoms with Gasteiger partial charge in [0.2, 0.25) is 0 Å². The summed E-state index contributed by atoms with van der Waals surface area (Å²) in [6.07, 6.45) is 1.56. The van der Waals surface area contributed by atoms with E-state index in [1.54, 1.807) is 24.3 Å². The number of carboxylic acids is 1. The van der Waals surface area contributed by atoms with Gasteiger partial charge in [-0.3, -0.25) is 10.1 Å². The number of carbonyl (C=O) groups is 1. The first-order valence-corrected chi connectivity index (χ1v) is 8.52. The Hall–Kier alpha value is -3.13. The lowest BCUT2D eigenvalue weighted by molar-refractivity contribution is -0.384. The molecule has 9 heteroatoms. The Balaban J connectivity index is 2.45. The molecule has 2 aromatic rings. The zero-order valence-electron chi connectivity index (χ0n) is 14.0. The standard InChI is InChI=1S/C18H13IN2O6/c1-26-16-7-11(6-15(19)18(16)27-10-17(22)23)5-13(9-20)12-3-2-4-14(8-12)21(24)25/h2-8H,10H2,1H3,(H,22,23)/b13-5-. The molecule has 0 saturated carbocycles. The second kappa shape index (κ2) is 9.00. The Bertz CT molecular complexity index is 965. The summed E-state index contributed by atoms with van der Waals surface area (Å²) in [6, 6.07) is 11.1. The summed E-state index contributed by atoms with van der Waals surface area (Å²) in [5.74, 6) is -0.522. The van der Waals surface area contributed by atoms with Crippen LogP contribution in [0.2, 0.25) is 0 Å². The average molecular weight is 480 g/mol. The van der Waals surface area contributed by atoms with Crippen molar-refractivity contribution in [3.05, 3.63) is 61.2 Å². The highest BCUT2D eigenvalue weighted by Crippen LogP contribution is 2.35. The van der Waals surface area contributed by atoms with E-state index in [2.05, 4.69) is 0 Å². The highest BCUT2D eigenvalue weighted by molar-refractivity contribution is 14.1. The van der Waals surface area contributed by atoms with Gasteiger partial charge in [-0.25, -0.2) is 4.79 Å². The van der Waals surface area contributed by atoms with Crippen LogP contribution in [0.15, 0.2) is 36.4 Å². The fourth-order valence-corrected chi connectivity index (χ4v) is 3.01. The van der Waals surface area contributed by atoms with Gasteiger partial charge in [0.15, 0.2) is 18.1 Å². The molecule has 2 rings (SSSR count). The van der Waals surface area contributed by atoms with Gasteiger partial charge in [-0.2, -0.15) is 5.26 Å². The molecule has 27 heavy (non-hydrogen) atoms. The van der Waals surface area contributed by atoms with Crippen LogP contribution in [0.25, 0.3) is 11.6 Å². The molecular formula is C18H13IN2O6. The number of nitro benzene ring substituents is 1. The van der Waals surface area contributed by atoms with Gasteiger partial charge in [0, 0.05) is 12.1 Å². The Morgan fingerprint density at radius 3 is 2.74 bits per heavy atom. The van der Waals surface area contributed by atoms with Crippen molar-refractivity contribution in [2.45, 2.75) is 0 Å². The van der Waals surface area contributed by atoms with Crippen LogP contribution < -0.4 is 9.47 Å². The van der Waals surface area contributed by atoms with Gasteiger partial charge in [0.1, 0.15) is 0 Å². The van der Waals surface area contributed by atoms with Crippen molar-refractivity contribution in [2.75, 3.05) is 13.7 Å². The van der Waals surface area contributed by atoms with E-state index in [9.17, 15) is 20.2 Å². The topological polar surface area (TPSA) is 123 Å². The zero-order chi connectivity index (χ0) is 20.0. The van der Waals surface area contributed by atoms with E-state index in [1.807, 2.05) is 28.7 Å². The molecule has 0 fully saturated rings. The van der Waals surface area contributed by atoms with Crippen molar-refractivity contribution in [2.24, 2.45) is 0 Å². The van der Waals surface area contributed by atoms with Crippen LogP contribution in [0.4, 0.5) is 5.69 Å². The molecule has 2 aromatic carbocycles. The fourth-order valence-electron chi connectivity index (χ4n) is 2.23. The van der Waals surface area contributed by atoms with Crippen LogP contribution in [0, 0.1) is 25.0 Å². The molecule has 0 aliphatic rings. The second-order valence-electron chi connectivity index (χ2n) is 5.19. The van der Waals surface area contributed by atoms with Crippen molar-refractivity contribution in [1.29, 1.82) is 5.26 Å². The third kappa shape index (κ3) is 5.18. The van der Waals surface area contributed by atoms with Crippen molar-refractivity contribution in [3.63, 3.8) is 0 Å². The number of ether oxygens (including phenoxy) is 2. The van der Waals surface area contributed by atoms with Gasteiger partial charge < -0.3 is 14.6 Å². The molecule has 0 heterocycles. The van der Waals surface area contributed by atoms with Gasteiger partial charge in [-0.15, -0.1) is 0 Å². The molecule has 1 N–H and O–H groups in total. The van der Waals surface area contributed by atoms with Crippen LogP contribution in [0.5, 0.6) is 11.5 Å². The van der Waals surface area contributed by atoms with Crippen LogP contribution in [0.1, 0.15) is 11.1 Å². The fraction of sp³-hybridized carbons (Fsp3) is 0.111. The lowest BCUT2D eigenvalue weighted by atomic mass is 10.0. The second-order valence-corrected chi connectivity index (χ2v) is 6.36. The van der Waals surface area contributed by atoms with Gasteiger partial charge in [0.05, 0.1) is 27.2 Å². The number of allylic oxidation sites excluding steroid dienone is 1. The normalized spacial score (nSPS) is 10.8. The van der Waals surface area contributed by atoms with E-state index < -0.39 is 17.5 Å². The molecule has 0 spiro atoms. The van der Waals surface area contributed by atoms with Crippen LogP contribution >= 0.6 is 22.6 Å². The number of nitrogens with zero attached hydrogens (tertiary/aromatic N) is 2. The van der Waals surface area contributed by atoms with Crippen molar-refractivity contribution < 1.29 is 24.3 Å². The number of nitro groups is 1. The zero-order valence-corrected chi connectivity index (χ0v) is 16.2. The molecule has 0 unspecified atom stereocenters. The minimum Gasteiger partial charge on any atom is -0.493 e. The number of carboxylic acid groups (broad SMARTS) is 1. The van der Waals surface area contributed by atoms with Gasteiger partial charge >= 0.3 is 5.97 Å². The molecular weight excluding hydrogens is 467 g/mol. The van der Waals surface area contributed by atoms with Crippen molar-refractivity contribution in [3.8, 4) is 17.6 Å². The maximum atomic E-state index is 10.9. The number of hydrogen-bond donors (Lipinski definition) is 1. The van der Waals surface area contributed by atoms with E-state index in [0.717, 1.165) is 0 Å². The quantitative estimate of drug-likeness (QED) is 0.211. The van der Waals surface area contributed by atoms with Crippen molar-refractivity contribution in [1.82, 2.24) is 0 Å². The van der Waals surface area contributed by atoms with Crippen LogP contribution in [0.3, 0.4) is 0 Å². The molecule has 0 aliphatic carbocycles. The predicted molar refractivity (Wildman–Crippen MR) is 105 cm³/mol. The average Bonchev–Trinajstić information content (AvgIpc) is 2.64. The number of methoxy groups -OCH3 is 1. The monoisotopic (exact) mass is 480 g/mol. The smallest absolute Gasteiger partial charge is 0.341 e. The molecule has 0 bridgehead atoms. The summed E-state index contributed by atoms with van der Waals surface area (Å²) in [6.45, 7) is -0.515. The third-order valence-electron chi connectivity index (χ3n) is 3.39. The molecule has 0 aromatic heterocycles. The molecule has 0 saturated heterocycles. The Labute approximate surface area is 167 Å². The van der Waals surface area contributed by atoms with E-state index >= 15 is 0 Å². The lowest BCUT2D eigenvalue weighted by Gasteiger charge is -2.12. The molecule has 0 atom stereocenters. The number of benzene rings is 2. The molecule has 0 aliphatic heterocycles. The van der Waals surface area contributed by atoms with E-state index in [4.69, 9.17) is 14.6 Å². The number of hydrogen-bond acceptors (Lipinski definition) is 6. The Kier molecular flexibility index (Phi) is 6.73. The Morgan fingerprint density at radius 1 is 1.41 bits per heavy atom. The summed E-state index contributed by atoms with van der Waals surface area (Å²) in [5.41, 5.74) is 1.13. The van der Waals surface area contributed by atoms with E-state index in [0.29, 0.717) is 20.4 Å². The first-order valence-electron chi connectivity index (χ1n) is 7.44. The number of aliphatic carboxylic acids is 1. The molecule has 138 valence electrons. The van der Waals surface area contributed by atoms with Gasteiger partial charge in [-0.1, -0.05) is 12.1 Å². The maximum Gasteiger partial charge on any atom is 0.341 e. The number of rotatable bonds is 7. The summed E-state index contributed by atoms with van der Waals surface area (Å²) in [5, 5.41) is 29.1. The number of halogens is 1. The largest absolute Gasteiger partial charge is 0.493 e. The van der Waals surface area contributed by atoms with Crippen molar-refractivity contribution >= 4 is 45.9 Å². The minimum absolute atomic E-state index is 0.113. The van der Waals surface area contributed by atoms with E-state index in [1.165, 1.54) is 25.3 Å². The molecule has 0 radical (unpaired) electrons. The minimum atomic E-state index is -1.12. The SMILES string of the molecule is COc1cc(/C=C(/C#N)c2cccc([N+](=O)[O-])c2)cc(I)c1OCC(=O)O. The van der Waals surface area contributed by atoms with Crippen LogP contribution in [-0.2, 0) is 4.79 Å². The predicted octanol–water partition coefficient (Wildman–Crippen LogP) is 3.74. The molecule has 0 amide bonds. The van der Waals surface area contributed by atoms with E-state index in [-0.39, 0.29) is 17.0 Å².